The molecule has 1 rings (SSSR count). The van der Waals surface area contributed by atoms with E-state index in [1.54, 1.807) is 12.4 Å². The minimum absolute atomic E-state index is 0.0434. The summed E-state index contributed by atoms with van der Waals surface area (Å²) in [5.74, 6) is 0.605. The number of hydrogen-bond acceptors (Lipinski definition) is 4. The second-order valence-corrected chi connectivity index (χ2v) is 5.33. The van der Waals surface area contributed by atoms with E-state index in [9.17, 15) is 8.78 Å². The Morgan fingerprint density at radius 1 is 1.26 bits per heavy atom. The summed E-state index contributed by atoms with van der Waals surface area (Å²) in [6, 6.07) is 0. The fourth-order valence-electron chi connectivity index (χ4n) is 1.31. The highest BCUT2D eigenvalue weighted by molar-refractivity contribution is 5.05. The molecule has 1 aromatic heterocycles. The summed E-state index contributed by atoms with van der Waals surface area (Å²) in [6.45, 7) is 6.64. The molecule has 1 heterocycles. The first-order chi connectivity index (χ1) is 8.87. The number of hydrogen-bond donors (Lipinski definition) is 1. The van der Waals surface area contributed by atoms with Gasteiger partial charge in [-0.1, -0.05) is 0 Å². The van der Waals surface area contributed by atoms with Crippen LogP contribution in [0.2, 0.25) is 0 Å². The minimum atomic E-state index is -2.42. The van der Waals surface area contributed by atoms with Crippen molar-refractivity contribution in [1.82, 2.24) is 15.3 Å². The molecular formula is C13H21F2N3O. The van der Waals surface area contributed by atoms with E-state index < -0.39 is 13.0 Å². The first kappa shape index (κ1) is 15.9. The van der Waals surface area contributed by atoms with Crippen LogP contribution in [0.5, 0.6) is 0 Å². The Morgan fingerprint density at radius 2 is 1.89 bits per heavy atom. The Hall–Kier alpha value is -1.14. The van der Waals surface area contributed by atoms with Gasteiger partial charge in [0.15, 0.2) is 0 Å². The Bertz CT molecular complexity index is 363. The van der Waals surface area contributed by atoms with Crippen LogP contribution < -0.4 is 5.32 Å². The molecule has 0 aliphatic rings. The lowest BCUT2D eigenvalue weighted by atomic mass is 10.1. The van der Waals surface area contributed by atoms with Crippen molar-refractivity contribution < 1.29 is 13.5 Å². The Kier molecular flexibility index (Phi) is 6.24. The van der Waals surface area contributed by atoms with Crippen molar-refractivity contribution in [3.05, 3.63) is 23.8 Å². The van der Waals surface area contributed by atoms with E-state index in [4.69, 9.17) is 4.74 Å². The van der Waals surface area contributed by atoms with Gasteiger partial charge in [-0.2, -0.15) is 0 Å². The van der Waals surface area contributed by atoms with Gasteiger partial charge < -0.3 is 10.1 Å². The maximum Gasteiger partial charge on any atom is 0.261 e. The topological polar surface area (TPSA) is 47.0 Å². The monoisotopic (exact) mass is 273 g/mol. The second-order valence-electron chi connectivity index (χ2n) is 5.33. The van der Waals surface area contributed by atoms with Crippen LogP contribution >= 0.6 is 0 Å². The van der Waals surface area contributed by atoms with Crippen molar-refractivity contribution >= 4 is 0 Å². The molecule has 0 aromatic carbocycles. The summed E-state index contributed by atoms with van der Waals surface area (Å²) in [4.78, 5) is 8.35. The van der Waals surface area contributed by atoms with Gasteiger partial charge in [-0.05, 0) is 20.8 Å². The molecule has 0 spiro atoms. The van der Waals surface area contributed by atoms with E-state index in [0.717, 1.165) is 5.56 Å². The molecule has 0 saturated heterocycles. The fraction of sp³-hybridized carbons (Fsp3) is 0.692. The van der Waals surface area contributed by atoms with E-state index in [1.807, 2.05) is 0 Å². The third kappa shape index (κ3) is 7.79. The highest BCUT2D eigenvalue weighted by Gasteiger charge is 2.08. The number of alkyl halides is 2. The zero-order valence-corrected chi connectivity index (χ0v) is 11.6. The van der Waals surface area contributed by atoms with Gasteiger partial charge >= 0.3 is 0 Å². The zero-order valence-electron chi connectivity index (χ0n) is 11.6. The Morgan fingerprint density at radius 3 is 2.42 bits per heavy atom. The van der Waals surface area contributed by atoms with Gasteiger partial charge in [0, 0.05) is 36.5 Å². The van der Waals surface area contributed by atoms with Crippen LogP contribution in [0.1, 0.15) is 32.2 Å². The molecule has 0 fully saturated rings. The van der Waals surface area contributed by atoms with Crippen LogP contribution in [0.15, 0.2) is 12.4 Å². The summed E-state index contributed by atoms with van der Waals surface area (Å²) in [5.41, 5.74) is 1.04. The van der Waals surface area contributed by atoms with Crippen molar-refractivity contribution in [1.29, 1.82) is 0 Å². The predicted octanol–water partition coefficient (Wildman–Crippen LogP) is 2.19. The molecule has 0 radical (unpaired) electrons. The molecule has 0 amide bonds. The van der Waals surface area contributed by atoms with Crippen LogP contribution in [0.4, 0.5) is 8.78 Å². The lowest BCUT2D eigenvalue weighted by molar-refractivity contribution is 0.0183. The van der Waals surface area contributed by atoms with Gasteiger partial charge in [0.05, 0.1) is 6.61 Å². The van der Waals surface area contributed by atoms with Crippen molar-refractivity contribution in [2.24, 2.45) is 0 Å². The first-order valence-electron chi connectivity index (χ1n) is 6.27. The lowest BCUT2D eigenvalue weighted by Gasteiger charge is -2.20. The number of halogens is 2. The molecule has 19 heavy (non-hydrogen) atoms. The molecule has 0 aliphatic heterocycles. The minimum Gasteiger partial charge on any atom is -0.375 e. The summed E-state index contributed by atoms with van der Waals surface area (Å²) in [5, 5.41) is 3.33. The summed E-state index contributed by atoms with van der Waals surface area (Å²) in [6.07, 6.45) is 1.51. The Labute approximate surface area is 112 Å². The summed E-state index contributed by atoms with van der Waals surface area (Å²) in [7, 11) is 0. The molecule has 0 atom stereocenters. The summed E-state index contributed by atoms with van der Waals surface area (Å²) >= 11 is 0. The second kappa shape index (κ2) is 7.45. The molecule has 0 saturated carbocycles. The van der Waals surface area contributed by atoms with Crippen molar-refractivity contribution in [3.63, 3.8) is 0 Å². The number of ether oxygens (including phenoxy) is 1. The average molecular weight is 273 g/mol. The molecule has 4 nitrogen and oxygen atoms in total. The third-order valence-electron chi connectivity index (χ3n) is 2.30. The maximum atomic E-state index is 11.8. The van der Waals surface area contributed by atoms with Crippen molar-refractivity contribution in [2.45, 2.75) is 45.7 Å². The number of aromatic nitrogens is 2. The van der Waals surface area contributed by atoms with E-state index in [0.29, 0.717) is 18.8 Å². The lowest BCUT2D eigenvalue weighted by Crippen LogP contribution is -2.35. The van der Waals surface area contributed by atoms with Crippen LogP contribution in [0, 0.1) is 0 Å². The Balaban J connectivity index is 2.31. The van der Waals surface area contributed by atoms with Crippen molar-refractivity contribution in [2.75, 3.05) is 13.2 Å². The van der Waals surface area contributed by atoms with Gasteiger partial charge in [0.2, 0.25) is 0 Å². The number of nitrogens with one attached hydrogen (secondary N) is 1. The molecule has 0 aliphatic carbocycles. The van der Waals surface area contributed by atoms with Gasteiger partial charge in [-0.15, -0.1) is 0 Å². The SMILES string of the molecule is CC(C)(C)NCc1cnc(CCOCC(F)F)nc1. The van der Waals surface area contributed by atoms with E-state index in [-0.39, 0.29) is 12.1 Å². The fourth-order valence-corrected chi connectivity index (χ4v) is 1.31. The highest BCUT2D eigenvalue weighted by atomic mass is 19.3. The molecule has 0 unspecified atom stereocenters. The largest absolute Gasteiger partial charge is 0.375 e. The van der Waals surface area contributed by atoms with Crippen LogP contribution in [-0.4, -0.2) is 35.1 Å². The molecule has 108 valence electrons. The standard InChI is InChI=1S/C13H21F2N3O/c1-13(2,3)18-8-10-6-16-12(17-7-10)4-5-19-9-11(14)15/h6-7,11,18H,4-5,8-9H2,1-3H3. The normalized spacial score (nSPS) is 12.1. The first-order valence-corrected chi connectivity index (χ1v) is 6.27. The van der Waals surface area contributed by atoms with E-state index in [1.165, 1.54) is 0 Å². The van der Waals surface area contributed by atoms with E-state index in [2.05, 4.69) is 36.1 Å². The molecule has 6 heteroatoms. The van der Waals surface area contributed by atoms with Gasteiger partial charge in [0.1, 0.15) is 12.4 Å². The quantitative estimate of drug-likeness (QED) is 0.774. The smallest absolute Gasteiger partial charge is 0.261 e. The highest BCUT2D eigenvalue weighted by Crippen LogP contribution is 2.03. The number of nitrogens with zero attached hydrogens (tertiary/aromatic N) is 2. The molecule has 1 N–H and O–H groups in total. The molecule has 1 aromatic rings. The van der Waals surface area contributed by atoms with Gasteiger partial charge in [-0.3, -0.25) is 0 Å². The van der Waals surface area contributed by atoms with E-state index >= 15 is 0 Å². The molecule has 0 bridgehead atoms. The zero-order chi connectivity index (χ0) is 14.3. The van der Waals surface area contributed by atoms with Gasteiger partial charge in [-0.25, -0.2) is 18.7 Å². The molecular weight excluding hydrogens is 252 g/mol. The predicted molar refractivity (Wildman–Crippen MR) is 69.2 cm³/mol. The average Bonchev–Trinajstić information content (AvgIpc) is 2.32. The van der Waals surface area contributed by atoms with Crippen molar-refractivity contribution in [3.8, 4) is 0 Å². The third-order valence-corrected chi connectivity index (χ3v) is 2.30. The maximum absolute atomic E-state index is 11.8. The van der Waals surface area contributed by atoms with Crippen LogP contribution in [0.25, 0.3) is 0 Å². The summed E-state index contributed by atoms with van der Waals surface area (Å²) < 4.78 is 28.4. The van der Waals surface area contributed by atoms with Crippen LogP contribution in [-0.2, 0) is 17.7 Å². The van der Waals surface area contributed by atoms with Gasteiger partial charge in [0.25, 0.3) is 6.43 Å². The number of rotatable bonds is 7. The van der Waals surface area contributed by atoms with Crippen LogP contribution in [0.3, 0.4) is 0 Å².